The third kappa shape index (κ3) is 2.28. The molecule has 2 nitrogen and oxygen atoms in total. The summed E-state index contributed by atoms with van der Waals surface area (Å²) in [7, 11) is 0. The van der Waals surface area contributed by atoms with E-state index < -0.39 is 0 Å². The third-order valence-corrected chi connectivity index (χ3v) is 5.76. The lowest BCUT2D eigenvalue weighted by Crippen LogP contribution is -2.47. The van der Waals surface area contributed by atoms with Gasteiger partial charge in [-0.3, -0.25) is 0 Å². The summed E-state index contributed by atoms with van der Waals surface area (Å²) in [5.41, 5.74) is 2.69. The van der Waals surface area contributed by atoms with Crippen molar-refractivity contribution in [2.24, 2.45) is 5.92 Å². The first kappa shape index (κ1) is 13.6. The van der Waals surface area contributed by atoms with E-state index in [4.69, 9.17) is 9.47 Å². The number of benzene rings is 1. The highest BCUT2D eigenvalue weighted by Gasteiger charge is 2.45. The molecule has 1 aliphatic carbocycles. The van der Waals surface area contributed by atoms with Gasteiger partial charge >= 0.3 is 0 Å². The van der Waals surface area contributed by atoms with Gasteiger partial charge in [0.2, 0.25) is 0 Å². The van der Waals surface area contributed by atoms with Gasteiger partial charge in [0, 0.05) is 18.1 Å². The van der Waals surface area contributed by atoms with E-state index in [1.54, 1.807) is 0 Å². The first-order valence-electron chi connectivity index (χ1n) is 8.59. The maximum Gasteiger partial charge on any atom is 0.125 e. The molecule has 0 N–H and O–H groups in total. The summed E-state index contributed by atoms with van der Waals surface area (Å²) in [5.74, 6) is 2.29. The molecule has 2 aliphatic heterocycles. The minimum Gasteiger partial charge on any atom is -0.487 e. The molecule has 0 bridgehead atoms. The molecule has 0 aromatic heterocycles. The number of hydrogen-bond donors (Lipinski definition) is 0. The predicted molar refractivity (Wildman–Crippen MR) is 83.8 cm³/mol. The molecule has 21 heavy (non-hydrogen) atoms. The van der Waals surface area contributed by atoms with Crippen LogP contribution in [0.3, 0.4) is 0 Å². The molecule has 0 unspecified atom stereocenters. The monoisotopic (exact) mass is 286 g/mol. The Hall–Kier alpha value is -1.02. The highest BCUT2D eigenvalue weighted by Crippen LogP contribution is 2.50. The summed E-state index contributed by atoms with van der Waals surface area (Å²) in [6.07, 6.45) is 8.07. The van der Waals surface area contributed by atoms with Crippen molar-refractivity contribution in [2.75, 3.05) is 6.61 Å². The second kappa shape index (κ2) is 5.01. The van der Waals surface area contributed by atoms with Crippen molar-refractivity contribution in [3.63, 3.8) is 0 Å². The van der Waals surface area contributed by atoms with Crippen LogP contribution in [0.15, 0.2) is 18.2 Å². The van der Waals surface area contributed by atoms with E-state index in [2.05, 4.69) is 32.0 Å². The van der Waals surface area contributed by atoms with Crippen LogP contribution in [-0.2, 0) is 4.74 Å². The summed E-state index contributed by atoms with van der Waals surface area (Å²) in [4.78, 5) is 0. The van der Waals surface area contributed by atoms with E-state index in [0.29, 0.717) is 5.92 Å². The van der Waals surface area contributed by atoms with Crippen LogP contribution in [0.25, 0.3) is 0 Å². The van der Waals surface area contributed by atoms with Crippen molar-refractivity contribution in [1.29, 1.82) is 0 Å². The maximum absolute atomic E-state index is 6.33. The third-order valence-electron chi connectivity index (χ3n) is 5.76. The SMILES string of the molecule is CC1(C)Oc2ccc(C3CCCC3)cc2[C@@H]2OCCC[C@H]21. The van der Waals surface area contributed by atoms with Crippen LogP contribution in [0.4, 0.5) is 0 Å². The van der Waals surface area contributed by atoms with Gasteiger partial charge in [0.15, 0.2) is 0 Å². The number of ether oxygens (including phenoxy) is 2. The highest BCUT2D eigenvalue weighted by molar-refractivity contribution is 5.43. The Morgan fingerprint density at radius 1 is 1.05 bits per heavy atom. The largest absolute Gasteiger partial charge is 0.487 e. The summed E-state index contributed by atoms with van der Waals surface area (Å²) in [5, 5.41) is 0. The minimum atomic E-state index is -0.118. The predicted octanol–water partition coefficient (Wildman–Crippen LogP) is 4.98. The fraction of sp³-hybridized carbons (Fsp3) is 0.684. The number of rotatable bonds is 1. The Kier molecular flexibility index (Phi) is 3.25. The van der Waals surface area contributed by atoms with Gasteiger partial charge in [-0.25, -0.2) is 0 Å². The zero-order valence-electron chi connectivity index (χ0n) is 13.2. The molecule has 2 heteroatoms. The van der Waals surface area contributed by atoms with Crippen molar-refractivity contribution in [2.45, 2.75) is 70.0 Å². The van der Waals surface area contributed by atoms with E-state index in [-0.39, 0.29) is 11.7 Å². The Morgan fingerprint density at radius 2 is 1.86 bits per heavy atom. The quantitative estimate of drug-likeness (QED) is 0.724. The molecule has 2 fully saturated rings. The van der Waals surface area contributed by atoms with Crippen LogP contribution in [0.2, 0.25) is 0 Å². The molecule has 4 rings (SSSR count). The van der Waals surface area contributed by atoms with Crippen LogP contribution in [0, 0.1) is 5.92 Å². The molecule has 0 radical (unpaired) electrons. The molecule has 1 aromatic carbocycles. The molecule has 2 heterocycles. The van der Waals surface area contributed by atoms with E-state index in [0.717, 1.165) is 24.7 Å². The lowest BCUT2D eigenvalue weighted by molar-refractivity contribution is -0.116. The van der Waals surface area contributed by atoms with Gasteiger partial charge in [-0.15, -0.1) is 0 Å². The van der Waals surface area contributed by atoms with Crippen molar-refractivity contribution in [3.8, 4) is 5.75 Å². The van der Waals surface area contributed by atoms with E-state index in [1.807, 2.05) is 0 Å². The molecule has 0 spiro atoms. The molecule has 1 saturated heterocycles. The molecule has 3 aliphatic rings. The second-order valence-electron chi connectivity index (χ2n) is 7.52. The van der Waals surface area contributed by atoms with Crippen LogP contribution >= 0.6 is 0 Å². The summed E-state index contributed by atoms with van der Waals surface area (Å²) < 4.78 is 12.5. The lowest BCUT2D eigenvalue weighted by Gasteiger charge is -2.47. The number of fused-ring (bicyclic) bond motifs is 3. The zero-order valence-corrected chi connectivity index (χ0v) is 13.2. The normalized spacial score (nSPS) is 31.3. The smallest absolute Gasteiger partial charge is 0.125 e. The molecular weight excluding hydrogens is 260 g/mol. The first-order valence-corrected chi connectivity index (χ1v) is 8.59. The van der Waals surface area contributed by atoms with E-state index in [1.165, 1.54) is 43.2 Å². The molecular formula is C19H26O2. The summed E-state index contributed by atoms with van der Waals surface area (Å²) >= 11 is 0. The van der Waals surface area contributed by atoms with Gasteiger partial charge in [0.25, 0.3) is 0 Å². The molecule has 0 amide bonds. The van der Waals surface area contributed by atoms with E-state index in [9.17, 15) is 0 Å². The fourth-order valence-corrected chi connectivity index (χ4v) is 4.55. The van der Waals surface area contributed by atoms with Crippen molar-refractivity contribution < 1.29 is 9.47 Å². The average Bonchev–Trinajstić information content (AvgIpc) is 3.01. The highest BCUT2D eigenvalue weighted by atomic mass is 16.5. The molecule has 114 valence electrons. The Bertz CT molecular complexity index is 528. The fourth-order valence-electron chi connectivity index (χ4n) is 4.55. The average molecular weight is 286 g/mol. The first-order chi connectivity index (χ1) is 10.1. The zero-order chi connectivity index (χ0) is 14.4. The van der Waals surface area contributed by atoms with Crippen LogP contribution in [0.5, 0.6) is 5.75 Å². The van der Waals surface area contributed by atoms with Crippen LogP contribution in [-0.4, -0.2) is 12.2 Å². The van der Waals surface area contributed by atoms with Gasteiger partial charge in [0.1, 0.15) is 11.4 Å². The van der Waals surface area contributed by atoms with Crippen LogP contribution < -0.4 is 4.74 Å². The standard InChI is InChI=1S/C19H26O2/c1-19(2)16-8-5-11-20-18(16)15-12-14(9-10-17(15)21-19)13-6-3-4-7-13/h9-10,12-13,16,18H,3-8,11H2,1-2H3/t16-,18+/m1/s1. The topological polar surface area (TPSA) is 18.5 Å². The molecule has 2 atom stereocenters. The van der Waals surface area contributed by atoms with Crippen LogP contribution in [0.1, 0.15) is 75.5 Å². The Balaban J connectivity index is 1.73. The van der Waals surface area contributed by atoms with Crippen molar-refractivity contribution in [3.05, 3.63) is 29.3 Å². The minimum absolute atomic E-state index is 0.118. The summed E-state index contributed by atoms with van der Waals surface area (Å²) in [6.45, 7) is 5.32. The van der Waals surface area contributed by atoms with Crippen molar-refractivity contribution in [1.82, 2.24) is 0 Å². The second-order valence-corrected chi connectivity index (χ2v) is 7.52. The Morgan fingerprint density at radius 3 is 2.67 bits per heavy atom. The van der Waals surface area contributed by atoms with E-state index >= 15 is 0 Å². The van der Waals surface area contributed by atoms with Gasteiger partial charge in [-0.05, 0) is 63.1 Å². The van der Waals surface area contributed by atoms with Gasteiger partial charge in [-0.1, -0.05) is 18.9 Å². The lowest BCUT2D eigenvalue weighted by atomic mass is 9.75. The van der Waals surface area contributed by atoms with Gasteiger partial charge < -0.3 is 9.47 Å². The molecule has 1 saturated carbocycles. The summed E-state index contributed by atoms with van der Waals surface area (Å²) in [6, 6.07) is 6.87. The molecule has 1 aromatic rings. The Labute approximate surface area is 127 Å². The maximum atomic E-state index is 6.33. The van der Waals surface area contributed by atoms with Crippen molar-refractivity contribution >= 4 is 0 Å². The van der Waals surface area contributed by atoms with Gasteiger partial charge in [0.05, 0.1) is 6.10 Å². The number of hydrogen-bond acceptors (Lipinski definition) is 2. The van der Waals surface area contributed by atoms with Gasteiger partial charge in [-0.2, -0.15) is 0 Å².